The largest absolute Gasteiger partial charge is 0.347 e. The van der Waals surface area contributed by atoms with E-state index in [1.165, 1.54) is 0 Å². The fourth-order valence-corrected chi connectivity index (χ4v) is 1.95. The first kappa shape index (κ1) is 11.1. The van der Waals surface area contributed by atoms with Crippen molar-refractivity contribution in [2.45, 2.75) is 31.8 Å². The molecule has 1 aliphatic rings. The van der Waals surface area contributed by atoms with Gasteiger partial charge in [0.25, 0.3) is 0 Å². The van der Waals surface area contributed by atoms with Crippen LogP contribution in [-0.2, 0) is 11.3 Å². The molecule has 1 unspecified atom stereocenters. The molecule has 0 aromatic carbocycles. The van der Waals surface area contributed by atoms with Gasteiger partial charge in [0.1, 0.15) is 5.82 Å². The molecule has 5 heteroatoms. The Balaban J connectivity index is 1.98. The molecular formula is C11H18N4O. The first-order valence-electron chi connectivity index (χ1n) is 5.54. The van der Waals surface area contributed by atoms with Crippen LogP contribution in [0.3, 0.4) is 0 Å². The molecule has 1 atom stereocenters. The van der Waals surface area contributed by atoms with Crippen molar-refractivity contribution in [3.63, 3.8) is 0 Å². The van der Waals surface area contributed by atoms with E-state index in [4.69, 9.17) is 5.73 Å². The van der Waals surface area contributed by atoms with Crippen molar-refractivity contribution in [1.82, 2.24) is 14.9 Å². The number of aromatic nitrogens is 2. The number of likely N-dealkylation sites (N-methyl/N-ethyl adjacent to an activating group) is 1. The zero-order valence-electron chi connectivity index (χ0n) is 9.73. The molecule has 1 aromatic rings. The molecule has 0 saturated heterocycles. The van der Waals surface area contributed by atoms with Crippen LogP contribution in [0.1, 0.15) is 25.6 Å². The van der Waals surface area contributed by atoms with Crippen molar-refractivity contribution in [1.29, 1.82) is 0 Å². The fourth-order valence-electron chi connectivity index (χ4n) is 1.95. The predicted octanol–water partition coefficient (Wildman–Crippen LogP) is 0.495. The smallest absolute Gasteiger partial charge is 0.242 e. The van der Waals surface area contributed by atoms with E-state index in [1.807, 2.05) is 6.92 Å². The van der Waals surface area contributed by atoms with E-state index in [9.17, 15) is 4.79 Å². The Hall–Kier alpha value is -1.36. The van der Waals surface area contributed by atoms with Gasteiger partial charge in [0.05, 0.1) is 12.1 Å². The van der Waals surface area contributed by atoms with Crippen LogP contribution in [0.25, 0.3) is 0 Å². The highest BCUT2D eigenvalue weighted by atomic mass is 16.2. The number of H-pyrrole nitrogens is 1. The molecular weight excluding hydrogens is 204 g/mol. The van der Waals surface area contributed by atoms with E-state index in [2.05, 4.69) is 9.97 Å². The maximum absolute atomic E-state index is 12.1. The molecule has 1 amide bonds. The lowest BCUT2D eigenvalue weighted by atomic mass is 9.95. The maximum Gasteiger partial charge on any atom is 0.242 e. The zero-order valence-corrected chi connectivity index (χ0v) is 9.73. The molecule has 16 heavy (non-hydrogen) atoms. The molecule has 1 heterocycles. The van der Waals surface area contributed by atoms with Crippen LogP contribution < -0.4 is 5.73 Å². The van der Waals surface area contributed by atoms with Gasteiger partial charge in [-0.25, -0.2) is 4.98 Å². The summed E-state index contributed by atoms with van der Waals surface area (Å²) in [6.45, 7) is 2.30. The summed E-state index contributed by atoms with van der Waals surface area (Å²) in [4.78, 5) is 20.8. The number of nitrogens with two attached hydrogens (primary N) is 1. The minimum atomic E-state index is -0.721. The fraction of sp³-hybridized carbons (Fsp3) is 0.636. The number of amides is 1. The van der Waals surface area contributed by atoms with Crippen LogP contribution >= 0.6 is 0 Å². The van der Waals surface area contributed by atoms with Crippen molar-refractivity contribution in [3.05, 3.63) is 18.2 Å². The van der Waals surface area contributed by atoms with Crippen LogP contribution in [0, 0.1) is 5.92 Å². The highest BCUT2D eigenvalue weighted by Gasteiger charge is 2.45. The molecule has 3 N–H and O–H groups in total. The van der Waals surface area contributed by atoms with Crippen LogP contribution in [0.5, 0.6) is 0 Å². The number of nitrogens with one attached hydrogen (secondary N) is 1. The Labute approximate surface area is 95.0 Å². The summed E-state index contributed by atoms with van der Waals surface area (Å²) in [5, 5.41) is 0. The monoisotopic (exact) mass is 222 g/mol. The molecule has 0 bridgehead atoms. The van der Waals surface area contributed by atoms with Crippen LogP contribution in [0.4, 0.5) is 0 Å². The summed E-state index contributed by atoms with van der Waals surface area (Å²) in [5.74, 6) is 1.12. The number of rotatable bonds is 4. The lowest BCUT2D eigenvalue weighted by Crippen LogP contribution is -2.53. The van der Waals surface area contributed by atoms with Gasteiger partial charge >= 0.3 is 0 Å². The average molecular weight is 222 g/mol. The van der Waals surface area contributed by atoms with Gasteiger partial charge in [0.15, 0.2) is 0 Å². The van der Waals surface area contributed by atoms with Gasteiger partial charge in [0.2, 0.25) is 5.91 Å². The van der Waals surface area contributed by atoms with E-state index in [1.54, 1.807) is 24.3 Å². The van der Waals surface area contributed by atoms with Crippen molar-refractivity contribution >= 4 is 5.91 Å². The third-order valence-electron chi connectivity index (χ3n) is 3.17. The lowest BCUT2D eigenvalue weighted by Gasteiger charge is -2.28. The van der Waals surface area contributed by atoms with Crippen molar-refractivity contribution in [2.24, 2.45) is 11.7 Å². The molecule has 5 nitrogen and oxygen atoms in total. The van der Waals surface area contributed by atoms with Crippen LogP contribution in [0.2, 0.25) is 0 Å². The Morgan fingerprint density at radius 3 is 2.94 bits per heavy atom. The summed E-state index contributed by atoms with van der Waals surface area (Å²) >= 11 is 0. The van der Waals surface area contributed by atoms with Crippen LogP contribution in [-0.4, -0.2) is 33.4 Å². The summed E-state index contributed by atoms with van der Waals surface area (Å²) in [6.07, 6.45) is 5.55. The van der Waals surface area contributed by atoms with Gasteiger partial charge in [0, 0.05) is 19.4 Å². The third kappa shape index (κ3) is 2.09. The minimum Gasteiger partial charge on any atom is -0.347 e. The second kappa shape index (κ2) is 3.90. The quantitative estimate of drug-likeness (QED) is 0.778. The van der Waals surface area contributed by atoms with Crippen LogP contribution in [0.15, 0.2) is 12.4 Å². The molecule has 1 saturated carbocycles. The topological polar surface area (TPSA) is 75.0 Å². The van der Waals surface area contributed by atoms with Gasteiger partial charge in [-0.15, -0.1) is 0 Å². The molecule has 2 rings (SSSR count). The number of carbonyl (C=O) groups is 1. The predicted molar refractivity (Wildman–Crippen MR) is 60.4 cm³/mol. The Morgan fingerprint density at radius 1 is 1.75 bits per heavy atom. The van der Waals surface area contributed by atoms with Crippen molar-refractivity contribution in [3.8, 4) is 0 Å². The standard InChI is InChI=1S/C11H18N4O/c1-11(12,8-3-4-8)10(16)15(2)7-9-13-5-6-14-9/h5-6,8H,3-4,7,12H2,1-2H3,(H,13,14). The Morgan fingerprint density at radius 2 is 2.44 bits per heavy atom. The summed E-state index contributed by atoms with van der Waals surface area (Å²) in [6, 6.07) is 0. The van der Waals surface area contributed by atoms with Gasteiger partial charge in [-0.1, -0.05) is 0 Å². The van der Waals surface area contributed by atoms with Gasteiger partial charge < -0.3 is 15.6 Å². The highest BCUT2D eigenvalue weighted by Crippen LogP contribution is 2.38. The molecule has 0 radical (unpaired) electrons. The molecule has 1 aliphatic carbocycles. The number of carbonyl (C=O) groups excluding carboxylic acids is 1. The van der Waals surface area contributed by atoms with E-state index >= 15 is 0 Å². The number of imidazole rings is 1. The van der Waals surface area contributed by atoms with Crippen molar-refractivity contribution in [2.75, 3.05) is 7.05 Å². The molecule has 1 fully saturated rings. The van der Waals surface area contributed by atoms with Crippen molar-refractivity contribution < 1.29 is 4.79 Å². The number of aromatic amines is 1. The molecule has 1 aromatic heterocycles. The highest BCUT2D eigenvalue weighted by molar-refractivity contribution is 5.86. The van der Waals surface area contributed by atoms with Gasteiger partial charge in [-0.2, -0.15) is 0 Å². The lowest BCUT2D eigenvalue weighted by molar-refractivity contribution is -0.136. The number of hydrogen-bond donors (Lipinski definition) is 2. The minimum absolute atomic E-state index is 0.00796. The van der Waals surface area contributed by atoms with E-state index in [0.717, 1.165) is 18.7 Å². The summed E-state index contributed by atoms with van der Waals surface area (Å²) in [7, 11) is 1.76. The van der Waals surface area contributed by atoms with Gasteiger partial charge in [-0.3, -0.25) is 4.79 Å². The van der Waals surface area contributed by atoms with E-state index in [0.29, 0.717) is 12.5 Å². The normalized spacial score (nSPS) is 19.2. The third-order valence-corrected chi connectivity index (χ3v) is 3.17. The Bertz CT molecular complexity index is 367. The SMILES string of the molecule is CN(Cc1ncc[nH]1)C(=O)C(C)(N)C1CC1. The second-order valence-electron chi connectivity index (χ2n) is 4.75. The molecule has 0 aliphatic heterocycles. The molecule has 88 valence electrons. The number of nitrogens with zero attached hydrogens (tertiary/aromatic N) is 2. The van der Waals surface area contributed by atoms with E-state index in [-0.39, 0.29) is 5.91 Å². The first-order chi connectivity index (χ1) is 7.51. The Kier molecular flexibility index (Phi) is 2.71. The summed E-state index contributed by atoms with van der Waals surface area (Å²) in [5.41, 5.74) is 5.35. The number of hydrogen-bond acceptors (Lipinski definition) is 3. The van der Waals surface area contributed by atoms with E-state index < -0.39 is 5.54 Å². The van der Waals surface area contributed by atoms with Gasteiger partial charge in [-0.05, 0) is 25.7 Å². The second-order valence-corrected chi connectivity index (χ2v) is 4.75. The maximum atomic E-state index is 12.1. The molecule has 0 spiro atoms. The summed E-state index contributed by atoms with van der Waals surface area (Å²) < 4.78 is 0. The zero-order chi connectivity index (χ0) is 11.8. The average Bonchev–Trinajstić information content (AvgIpc) is 2.99. The first-order valence-corrected chi connectivity index (χ1v) is 5.54.